The van der Waals surface area contributed by atoms with E-state index in [0.717, 1.165) is 31.7 Å². The van der Waals surface area contributed by atoms with E-state index in [9.17, 15) is 0 Å². The van der Waals surface area contributed by atoms with Gasteiger partial charge in [-0.15, -0.1) is 11.3 Å². The van der Waals surface area contributed by atoms with E-state index in [1.165, 1.54) is 20.7 Å². The molecule has 4 heteroatoms. The maximum Gasteiger partial charge on any atom is 0.0705 e. The molecule has 2 aromatic heterocycles. The van der Waals surface area contributed by atoms with E-state index >= 15 is 0 Å². The van der Waals surface area contributed by atoms with Crippen LogP contribution < -0.4 is 5.32 Å². The number of thiophene rings is 1. The molecule has 0 spiro atoms. The van der Waals surface area contributed by atoms with Gasteiger partial charge in [0.05, 0.1) is 11.6 Å². The normalized spacial score (nSPS) is 17.4. The number of para-hydroxylation sites is 1. The summed E-state index contributed by atoms with van der Waals surface area (Å²) < 4.78 is 0. The van der Waals surface area contributed by atoms with Gasteiger partial charge >= 0.3 is 0 Å². The number of aryl methyl sites for hydroxylation is 1. The molecule has 4 rings (SSSR count). The maximum absolute atomic E-state index is 4.54. The van der Waals surface area contributed by atoms with Crippen molar-refractivity contribution in [3.05, 3.63) is 64.0 Å². The SMILES string of the molecule is Cc1ccc(C(c2ccnc3ccccc23)N2CCNCC2)s1. The second-order valence-corrected chi connectivity index (χ2v) is 7.37. The average Bonchev–Trinajstić information content (AvgIpc) is 3.02. The molecule has 1 saturated heterocycles. The van der Waals surface area contributed by atoms with Crippen molar-refractivity contribution in [3.8, 4) is 0 Å². The maximum atomic E-state index is 4.54. The van der Waals surface area contributed by atoms with E-state index in [4.69, 9.17) is 0 Å². The van der Waals surface area contributed by atoms with Gasteiger partial charge in [0.1, 0.15) is 0 Å². The topological polar surface area (TPSA) is 28.2 Å². The van der Waals surface area contributed by atoms with Crippen LogP contribution in [0.15, 0.2) is 48.7 Å². The lowest BCUT2D eigenvalue weighted by atomic mass is 9.99. The fraction of sp³-hybridized carbons (Fsp3) is 0.316. The predicted molar refractivity (Wildman–Crippen MR) is 97.1 cm³/mol. The van der Waals surface area contributed by atoms with Crippen molar-refractivity contribution < 1.29 is 0 Å². The first kappa shape index (κ1) is 14.8. The first-order valence-corrected chi connectivity index (χ1v) is 8.99. The fourth-order valence-electron chi connectivity index (χ4n) is 3.43. The van der Waals surface area contributed by atoms with Gasteiger partial charge in [-0.25, -0.2) is 0 Å². The summed E-state index contributed by atoms with van der Waals surface area (Å²) in [5, 5.41) is 4.73. The smallest absolute Gasteiger partial charge is 0.0705 e. The van der Waals surface area contributed by atoms with Crippen LogP contribution in [0, 0.1) is 6.92 Å². The third kappa shape index (κ3) is 2.90. The molecule has 1 aromatic carbocycles. The molecule has 0 amide bonds. The van der Waals surface area contributed by atoms with Gasteiger partial charge in [-0.1, -0.05) is 18.2 Å². The van der Waals surface area contributed by atoms with E-state index < -0.39 is 0 Å². The molecule has 0 radical (unpaired) electrons. The average molecular weight is 323 g/mol. The molecule has 118 valence electrons. The fourth-order valence-corrected chi connectivity index (χ4v) is 4.46. The number of pyridine rings is 1. The quantitative estimate of drug-likeness (QED) is 0.798. The molecule has 0 bridgehead atoms. The highest BCUT2D eigenvalue weighted by molar-refractivity contribution is 7.12. The van der Waals surface area contributed by atoms with Crippen LogP contribution in [0.4, 0.5) is 0 Å². The van der Waals surface area contributed by atoms with Gasteiger partial charge in [0.15, 0.2) is 0 Å². The monoisotopic (exact) mass is 323 g/mol. The zero-order valence-electron chi connectivity index (χ0n) is 13.3. The van der Waals surface area contributed by atoms with Crippen LogP contribution in [0.1, 0.15) is 21.4 Å². The highest BCUT2D eigenvalue weighted by Gasteiger charge is 2.26. The third-order valence-corrected chi connectivity index (χ3v) is 5.58. The molecule has 0 aliphatic carbocycles. The lowest BCUT2D eigenvalue weighted by Gasteiger charge is -2.35. The van der Waals surface area contributed by atoms with E-state index in [-0.39, 0.29) is 0 Å². The van der Waals surface area contributed by atoms with Crippen LogP contribution in [-0.4, -0.2) is 36.1 Å². The predicted octanol–water partition coefficient (Wildman–Crippen LogP) is 3.60. The van der Waals surface area contributed by atoms with Crippen molar-refractivity contribution in [2.24, 2.45) is 0 Å². The van der Waals surface area contributed by atoms with Gasteiger partial charge in [0.25, 0.3) is 0 Å². The molecule has 1 unspecified atom stereocenters. The minimum atomic E-state index is 0.323. The number of nitrogens with one attached hydrogen (secondary N) is 1. The minimum Gasteiger partial charge on any atom is -0.314 e. The number of nitrogens with zero attached hydrogens (tertiary/aromatic N) is 2. The van der Waals surface area contributed by atoms with Crippen LogP contribution in [0.5, 0.6) is 0 Å². The van der Waals surface area contributed by atoms with Crippen LogP contribution in [0.2, 0.25) is 0 Å². The van der Waals surface area contributed by atoms with Crippen LogP contribution in [0.3, 0.4) is 0 Å². The number of fused-ring (bicyclic) bond motifs is 1. The van der Waals surface area contributed by atoms with Crippen molar-refractivity contribution in [2.45, 2.75) is 13.0 Å². The van der Waals surface area contributed by atoms with E-state index in [0.29, 0.717) is 6.04 Å². The molecule has 3 aromatic rings. The van der Waals surface area contributed by atoms with Gasteiger partial charge in [-0.3, -0.25) is 9.88 Å². The highest BCUT2D eigenvalue weighted by Crippen LogP contribution is 2.36. The Kier molecular flexibility index (Phi) is 4.12. The number of aromatic nitrogens is 1. The summed E-state index contributed by atoms with van der Waals surface area (Å²) >= 11 is 1.91. The lowest BCUT2D eigenvalue weighted by molar-refractivity contribution is 0.201. The third-order valence-electron chi connectivity index (χ3n) is 4.52. The second kappa shape index (κ2) is 6.40. The molecule has 1 atom stereocenters. The summed E-state index contributed by atoms with van der Waals surface area (Å²) in [5.41, 5.74) is 2.46. The second-order valence-electron chi connectivity index (χ2n) is 6.05. The van der Waals surface area contributed by atoms with E-state index in [1.807, 2.05) is 17.5 Å². The number of hydrogen-bond acceptors (Lipinski definition) is 4. The molecule has 1 fully saturated rings. The summed E-state index contributed by atoms with van der Waals surface area (Å²) in [6, 6.07) is 15.5. The van der Waals surface area contributed by atoms with Crippen molar-refractivity contribution in [3.63, 3.8) is 0 Å². The van der Waals surface area contributed by atoms with E-state index in [2.05, 4.69) is 64.6 Å². The van der Waals surface area contributed by atoms with Crippen LogP contribution in [0.25, 0.3) is 10.9 Å². The Labute approximate surface area is 141 Å². The van der Waals surface area contributed by atoms with Crippen molar-refractivity contribution >= 4 is 22.2 Å². The Morgan fingerprint density at radius 1 is 1.09 bits per heavy atom. The van der Waals surface area contributed by atoms with E-state index in [1.54, 1.807) is 0 Å². The van der Waals surface area contributed by atoms with Gasteiger partial charge in [0, 0.05) is 47.5 Å². The molecule has 1 N–H and O–H groups in total. The van der Waals surface area contributed by atoms with Gasteiger partial charge in [0.2, 0.25) is 0 Å². The largest absolute Gasteiger partial charge is 0.314 e. The standard InChI is InChI=1S/C19H21N3S/c1-14-6-7-18(23-14)19(22-12-10-20-11-13-22)16-8-9-21-17-5-3-2-4-15(16)17/h2-9,19-20H,10-13H2,1H3. The summed E-state index contributed by atoms with van der Waals surface area (Å²) in [5.74, 6) is 0. The Balaban J connectivity index is 1.86. The number of piperazine rings is 1. The molecule has 23 heavy (non-hydrogen) atoms. The summed E-state index contributed by atoms with van der Waals surface area (Å²) in [7, 11) is 0. The highest BCUT2D eigenvalue weighted by atomic mass is 32.1. The number of rotatable bonds is 3. The summed E-state index contributed by atoms with van der Waals surface area (Å²) in [4.78, 5) is 9.95. The molecule has 3 nitrogen and oxygen atoms in total. The zero-order valence-corrected chi connectivity index (χ0v) is 14.1. The molecular weight excluding hydrogens is 302 g/mol. The zero-order chi connectivity index (χ0) is 15.6. The van der Waals surface area contributed by atoms with Crippen molar-refractivity contribution in [1.82, 2.24) is 15.2 Å². The summed E-state index contributed by atoms with van der Waals surface area (Å²) in [6.07, 6.45) is 1.95. The Morgan fingerprint density at radius 2 is 1.91 bits per heavy atom. The van der Waals surface area contributed by atoms with Gasteiger partial charge < -0.3 is 5.32 Å². The number of benzene rings is 1. The first-order chi connectivity index (χ1) is 11.3. The minimum absolute atomic E-state index is 0.323. The lowest BCUT2D eigenvalue weighted by Crippen LogP contribution is -2.45. The Bertz CT molecular complexity index is 800. The Hall–Kier alpha value is -1.75. The summed E-state index contributed by atoms with van der Waals surface area (Å²) in [6.45, 7) is 6.47. The molecule has 0 saturated carbocycles. The molecule has 1 aliphatic heterocycles. The number of hydrogen-bond donors (Lipinski definition) is 1. The van der Waals surface area contributed by atoms with Gasteiger partial charge in [-0.05, 0) is 36.8 Å². The molecule has 1 aliphatic rings. The molecular formula is C19H21N3S. The van der Waals surface area contributed by atoms with Gasteiger partial charge in [-0.2, -0.15) is 0 Å². The Morgan fingerprint density at radius 3 is 2.70 bits per heavy atom. The van der Waals surface area contributed by atoms with Crippen molar-refractivity contribution in [2.75, 3.05) is 26.2 Å². The van der Waals surface area contributed by atoms with Crippen LogP contribution in [-0.2, 0) is 0 Å². The van der Waals surface area contributed by atoms with Crippen LogP contribution >= 0.6 is 11.3 Å². The molecule has 3 heterocycles. The van der Waals surface area contributed by atoms with Crippen molar-refractivity contribution in [1.29, 1.82) is 0 Å². The first-order valence-electron chi connectivity index (χ1n) is 8.18.